The van der Waals surface area contributed by atoms with Crippen molar-refractivity contribution in [3.05, 3.63) is 41.2 Å². The van der Waals surface area contributed by atoms with E-state index >= 15 is 0 Å². The minimum atomic E-state index is -0.231. The van der Waals surface area contributed by atoms with Gasteiger partial charge < -0.3 is 0 Å². The van der Waals surface area contributed by atoms with E-state index < -0.39 is 0 Å². The maximum atomic E-state index is 12.6. The zero-order valence-corrected chi connectivity index (χ0v) is 8.17. The summed E-state index contributed by atoms with van der Waals surface area (Å²) in [5.41, 5.74) is 8.32. The summed E-state index contributed by atoms with van der Waals surface area (Å²) >= 11 is 1.38. The van der Waals surface area contributed by atoms with Crippen molar-refractivity contribution >= 4 is 16.5 Å². The van der Waals surface area contributed by atoms with Gasteiger partial charge in [0.15, 0.2) is 0 Å². The maximum absolute atomic E-state index is 12.6. The van der Waals surface area contributed by atoms with E-state index in [0.717, 1.165) is 5.56 Å². The Labute approximate surface area is 84.6 Å². The number of halogens is 1. The van der Waals surface area contributed by atoms with Gasteiger partial charge in [-0.3, -0.25) is 5.73 Å². The number of anilines is 1. The van der Waals surface area contributed by atoms with E-state index in [4.69, 9.17) is 5.73 Å². The number of hydrogen-bond donors (Lipinski definition) is 1. The van der Waals surface area contributed by atoms with Crippen LogP contribution in [0.25, 0.3) is 0 Å². The zero-order chi connectivity index (χ0) is 9.97. The van der Waals surface area contributed by atoms with Crippen molar-refractivity contribution in [2.45, 2.75) is 6.54 Å². The Kier molecular flexibility index (Phi) is 2.41. The second-order valence-electron chi connectivity index (χ2n) is 2.86. The normalized spacial score (nSPS) is 10.4. The molecule has 0 aliphatic rings. The molecule has 2 aromatic rings. The summed E-state index contributed by atoms with van der Waals surface area (Å²) in [5, 5.41) is 4.70. The van der Waals surface area contributed by atoms with Crippen LogP contribution < -0.4 is 10.4 Å². The van der Waals surface area contributed by atoms with E-state index in [9.17, 15) is 4.39 Å². The molecule has 2 rings (SSSR count). The predicted octanol–water partition coefficient (Wildman–Crippen LogP) is 1.20. The predicted molar refractivity (Wildman–Crippen MR) is 52.2 cm³/mol. The largest absolute Gasteiger partial charge is 0.354 e. The molecule has 0 aliphatic heterocycles. The quantitative estimate of drug-likeness (QED) is 0.757. The fourth-order valence-electron chi connectivity index (χ4n) is 1.13. The first-order valence-electron chi connectivity index (χ1n) is 4.09. The molecule has 14 heavy (non-hydrogen) atoms. The van der Waals surface area contributed by atoms with Crippen LogP contribution in [-0.2, 0) is 6.54 Å². The van der Waals surface area contributed by atoms with Crippen LogP contribution in [0.5, 0.6) is 0 Å². The summed E-state index contributed by atoms with van der Waals surface area (Å²) in [6.07, 6.45) is 0. The molecule has 72 valence electrons. The number of nitrogens with two attached hydrogens (primary N) is 1. The molecule has 2 N–H and O–H groups in total. The van der Waals surface area contributed by atoms with Crippen molar-refractivity contribution in [1.82, 2.24) is 5.10 Å². The molecule has 0 atom stereocenters. The maximum Gasteiger partial charge on any atom is 0.354 e. The fraction of sp³-hybridized carbons (Fsp3) is 0.111. The third kappa shape index (κ3) is 1.88. The standard InChI is InChI=1S/C9H8FN3S/c10-8-3-1-7(2-4-8)5-13-9(11)14-6-12-13/h1-4,6,11H,5H2/p+1. The summed E-state index contributed by atoms with van der Waals surface area (Å²) in [5.74, 6) is -0.231. The molecular weight excluding hydrogens is 201 g/mol. The molecule has 3 nitrogen and oxygen atoms in total. The van der Waals surface area contributed by atoms with Crippen molar-refractivity contribution in [3.63, 3.8) is 0 Å². The molecule has 1 aromatic carbocycles. The van der Waals surface area contributed by atoms with Crippen molar-refractivity contribution < 1.29 is 9.07 Å². The van der Waals surface area contributed by atoms with E-state index in [0.29, 0.717) is 11.7 Å². The minimum absolute atomic E-state index is 0.231. The Morgan fingerprint density at radius 3 is 2.64 bits per heavy atom. The molecule has 0 amide bonds. The van der Waals surface area contributed by atoms with Gasteiger partial charge >= 0.3 is 5.13 Å². The molecule has 1 aromatic heterocycles. The number of rotatable bonds is 2. The lowest BCUT2D eigenvalue weighted by Crippen LogP contribution is -2.38. The average Bonchev–Trinajstić information content (AvgIpc) is 2.56. The Bertz CT molecular complexity index is 424. The van der Waals surface area contributed by atoms with Crippen LogP contribution in [-0.4, -0.2) is 5.10 Å². The summed E-state index contributed by atoms with van der Waals surface area (Å²) in [6.45, 7) is 0.579. The average molecular weight is 210 g/mol. The highest BCUT2D eigenvalue weighted by Crippen LogP contribution is 2.05. The van der Waals surface area contributed by atoms with Gasteiger partial charge in [0, 0.05) is 0 Å². The van der Waals surface area contributed by atoms with Gasteiger partial charge in [0.25, 0.3) is 0 Å². The van der Waals surface area contributed by atoms with E-state index in [1.54, 1.807) is 22.3 Å². The lowest BCUT2D eigenvalue weighted by molar-refractivity contribution is -0.727. The van der Waals surface area contributed by atoms with Gasteiger partial charge in [0.2, 0.25) is 0 Å². The van der Waals surface area contributed by atoms with Crippen LogP contribution in [0.15, 0.2) is 29.8 Å². The zero-order valence-electron chi connectivity index (χ0n) is 7.35. The van der Waals surface area contributed by atoms with Gasteiger partial charge in [-0.05, 0) is 29.0 Å². The topological polar surface area (TPSA) is 42.8 Å². The van der Waals surface area contributed by atoms with E-state index in [2.05, 4.69) is 5.10 Å². The molecule has 0 bridgehead atoms. The van der Waals surface area contributed by atoms with Gasteiger partial charge in [-0.25, -0.2) is 4.39 Å². The first-order chi connectivity index (χ1) is 6.75. The first-order valence-corrected chi connectivity index (χ1v) is 4.97. The van der Waals surface area contributed by atoms with Crippen LogP contribution in [0.3, 0.4) is 0 Å². The molecule has 1 heterocycles. The second-order valence-corrected chi connectivity index (χ2v) is 3.73. The van der Waals surface area contributed by atoms with Gasteiger partial charge in [0.05, 0.1) is 0 Å². The Balaban J connectivity index is 2.19. The summed E-state index contributed by atoms with van der Waals surface area (Å²) < 4.78 is 14.3. The van der Waals surface area contributed by atoms with Crippen molar-refractivity contribution in [2.24, 2.45) is 0 Å². The van der Waals surface area contributed by atoms with Crippen molar-refractivity contribution in [1.29, 1.82) is 0 Å². The molecule has 0 unspecified atom stereocenters. The number of benzene rings is 1. The van der Waals surface area contributed by atoms with Crippen LogP contribution in [0, 0.1) is 5.82 Å². The molecule has 0 saturated heterocycles. The number of nitrogen functional groups attached to an aromatic ring is 1. The van der Waals surface area contributed by atoms with Crippen LogP contribution in [0.4, 0.5) is 9.52 Å². The Morgan fingerprint density at radius 2 is 2.07 bits per heavy atom. The Hall–Kier alpha value is -1.49. The van der Waals surface area contributed by atoms with Gasteiger partial charge in [-0.1, -0.05) is 17.2 Å². The van der Waals surface area contributed by atoms with Crippen LogP contribution in [0.1, 0.15) is 5.56 Å². The first kappa shape index (κ1) is 9.08. The highest BCUT2D eigenvalue weighted by atomic mass is 32.1. The smallest absolute Gasteiger partial charge is 0.276 e. The van der Waals surface area contributed by atoms with Crippen LogP contribution in [0.2, 0.25) is 0 Å². The molecule has 5 heteroatoms. The fourth-order valence-corrected chi connectivity index (χ4v) is 1.64. The number of nitrogens with zero attached hydrogens (tertiary/aromatic N) is 2. The molecule has 0 radical (unpaired) electrons. The van der Waals surface area contributed by atoms with E-state index in [1.165, 1.54) is 23.5 Å². The highest BCUT2D eigenvalue weighted by molar-refractivity contribution is 7.12. The monoisotopic (exact) mass is 210 g/mol. The van der Waals surface area contributed by atoms with Gasteiger partial charge in [0.1, 0.15) is 17.9 Å². The number of hydrogen-bond acceptors (Lipinski definition) is 3. The van der Waals surface area contributed by atoms with Gasteiger partial charge in [-0.2, -0.15) is 0 Å². The summed E-state index contributed by atoms with van der Waals surface area (Å²) in [7, 11) is 0. The van der Waals surface area contributed by atoms with Crippen LogP contribution >= 0.6 is 11.3 Å². The van der Waals surface area contributed by atoms with Crippen molar-refractivity contribution in [3.8, 4) is 0 Å². The molecule has 0 spiro atoms. The van der Waals surface area contributed by atoms with Crippen molar-refractivity contribution in [2.75, 3.05) is 5.73 Å². The molecule has 0 saturated carbocycles. The number of aromatic nitrogens is 2. The molecule has 0 fully saturated rings. The molecular formula is C9H9FN3S+. The highest BCUT2D eigenvalue weighted by Gasteiger charge is 2.07. The lowest BCUT2D eigenvalue weighted by Gasteiger charge is -1.96. The lowest BCUT2D eigenvalue weighted by atomic mass is 10.2. The third-order valence-electron chi connectivity index (χ3n) is 1.86. The van der Waals surface area contributed by atoms with E-state index in [-0.39, 0.29) is 5.82 Å². The SMILES string of the molecule is Nc1scn[n+]1Cc1ccc(F)cc1. The second kappa shape index (κ2) is 3.71. The van der Waals surface area contributed by atoms with E-state index in [1.807, 2.05) is 0 Å². The minimum Gasteiger partial charge on any atom is -0.276 e. The summed E-state index contributed by atoms with van der Waals surface area (Å²) in [6, 6.07) is 6.30. The third-order valence-corrected chi connectivity index (χ3v) is 2.51. The Morgan fingerprint density at radius 1 is 1.36 bits per heavy atom. The molecule has 0 aliphatic carbocycles. The summed E-state index contributed by atoms with van der Waals surface area (Å²) in [4.78, 5) is 0. The van der Waals surface area contributed by atoms with Gasteiger partial charge in [-0.15, -0.1) is 4.68 Å².